The minimum atomic E-state index is 0.0599. The fraction of sp³-hybridized carbons (Fsp3) is 0.533. The Morgan fingerprint density at radius 3 is 2.47 bits per heavy atom. The number of rotatable bonds is 8. The van der Waals surface area contributed by atoms with Gasteiger partial charge in [0.05, 0.1) is 6.04 Å². The van der Waals surface area contributed by atoms with E-state index in [0.717, 1.165) is 42.3 Å². The fourth-order valence-electron chi connectivity index (χ4n) is 1.93. The summed E-state index contributed by atoms with van der Waals surface area (Å²) in [4.78, 5) is 11.8. The van der Waals surface area contributed by atoms with Gasteiger partial charge in [-0.15, -0.1) is 0 Å². The van der Waals surface area contributed by atoms with E-state index in [2.05, 4.69) is 21.2 Å². The molecule has 0 fully saturated rings. The molecule has 0 saturated carbocycles. The van der Waals surface area contributed by atoms with Crippen molar-refractivity contribution in [1.82, 2.24) is 5.32 Å². The van der Waals surface area contributed by atoms with Gasteiger partial charge in [-0.05, 0) is 44.0 Å². The van der Waals surface area contributed by atoms with E-state index in [1.807, 2.05) is 31.2 Å². The highest BCUT2D eigenvalue weighted by Gasteiger charge is 2.08. The van der Waals surface area contributed by atoms with Gasteiger partial charge in [-0.2, -0.15) is 0 Å². The first-order chi connectivity index (χ1) is 9.13. The van der Waals surface area contributed by atoms with Gasteiger partial charge in [0.1, 0.15) is 0 Å². The second kappa shape index (κ2) is 9.10. The predicted molar refractivity (Wildman–Crippen MR) is 82.8 cm³/mol. The molecule has 0 aromatic heterocycles. The van der Waals surface area contributed by atoms with Crippen LogP contribution < -0.4 is 11.1 Å². The lowest BCUT2D eigenvalue weighted by Crippen LogP contribution is -2.26. The van der Waals surface area contributed by atoms with Gasteiger partial charge in [-0.25, -0.2) is 0 Å². The predicted octanol–water partition coefficient (Wildman–Crippen LogP) is 3.54. The third kappa shape index (κ3) is 6.73. The number of benzene rings is 1. The summed E-state index contributed by atoms with van der Waals surface area (Å²) >= 11 is 3.40. The first kappa shape index (κ1) is 16.2. The maximum Gasteiger partial charge on any atom is 0.220 e. The molecule has 0 bridgehead atoms. The molecule has 106 valence electrons. The molecule has 3 nitrogen and oxygen atoms in total. The molecule has 1 atom stereocenters. The number of hydrogen-bond acceptors (Lipinski definition) is 2. The summed E-state index contributed by atoms with van der Waals surface area (Å²) in [6, 6.07) is 8.09. The highest BCUT2D eigenvalue weighted by atomic mass is 79.9. The van der Waals surface area contributed by atoms with Gasteiger partial charge in [0.25, 0.3) is 0 Å². The maximum atomic E-state index is 11.8. The lowest BCUT2D eigenvalue weighted by molar-refractivity contribution is -0.121. The number of nitrogens with one attached hydrogen (secondary N) is 1. The van der Waals surface area contributed by atoms with E-state index >= 15 is 0 Å². The van der Waals surface area contributed by atoms with Crippen LogP contribution in [0.5, 0.6) is 0 Å². The van der Waals surface area contributed by atoms with Crippen molar-refractivity contribution >= 4 is 21.8 Å². The number of hydrogen-bond donors (Lipinski definition) is 2. The van der Waals surface area contributed by atoms with E-state index in [1.165, 1.54) is 0 Å². The number of halogens is 1. The van der Waals surface area contributed by atoms with Crippen molar-refractivity contribution in [2.75, 3.05) is 6.54 Å². The molecule has 0 unspecified atom stereocenters. The largest absolute Gasteiger partial charge is 0.350 e. The van der Waals surface area contributed by atoms with Crippen molar-refractivity contribution in [1.29, 1.82) is 0 Å². The molecule has 3 N–H and O–H groups in total. The van der Waals surface area contributed by atoms with Crippen molar-refractivity contribution in [3.8, 4) is 0 Å². The first-order valence-electron chi connectivity index (χ1n) is 6.88. The van der Waals surface area contributed by atoms with Crippen LogP contribution in [0.25, 0.3) is 0 Å². The highest BCUT2D eigenvalue weighted by molar-refractivity contribution is 9.10. The lowest BCUT2D eigenvalue weighted by atomic mass is 10.1. The Morgan fingerprint density at radius 2 is 1.84 bits per heavy atom. The Hall–Kier alpha value is -0.870. The molecule has 1 aromatic rings. The number of unbranched alkanes of at least 4 members (excludes halogenated alkanes) is 3. The van der Waals surface area contributed by atoms with Gasteiger partial charge in [0.15, 0.2) is 0 Å². The van der Waals surface area contributed by atoms with E-state index in [9.17, 15) is 4.79 Å². The molecule has 0 heterocycles. The molecule has 4 heteroatoms. The molecular formula is C15H23BrN2O. The zero-order chi connectivity index (χ0) is 14.1. The highest BCUT2D eigenvalue weighted by Crippen LogP contribution is 2.16. The molecule has 0 aliphatic carbocycles. The van der Waals surface area contributed by atoms with Crippen molar-refractivity contribution in [2.24, 2.45) is 5.73 Å². The molecule has 1 amide bonds. The Morgan fingerprint density at radius 1 is 1.21 bits per heavy atom. The summed E-state index contributed by atoms with van der Waals surface area (Å²) in [7, 11) is 0. The fourth-order valence-corrected chi connectivity index (χ4v) is 2.20. The third-order valence-electron chi connectivity index (χ3n) is 3.11. The summed E-state index contributed by atoms with van der Waals surface area (Å²) in [5.74, 6) is 0.128. The second-order valence-corrected chi connectivity index (χ2v) is 5.71. The molecule has 0 spiro atoms. The van der Waals surface area contributed by atoms with Crippen LogP contribution >= 0.6 is 15.9 Å². The zero-order valence-electron chi connectivity index (χ0n) is 11.5. The quantitative estimate of drug-likeness (QED) is 0.718. The molecule has 1 aromatic carbocycles. The summed E-state index contributed by atoms with van der Waals surface area (Å²) in [6.45, 7) is 2.75. The molecule has 0 saturated heterocycles. The minimum Gasteiger partial charge on any atom is -0.350 e. The smallest absolute Gasteiger partial charge is 0.220 e. The van der Waals surface area contributed by atoms with E-state index in [-0.39, 0.29) is 11.9 Å². The monoisotopic (exact) mass is 326 g/mol. The molecule has 0 radical (unpaired) electrons. The van der Waals surface area contributed by atoms with Crippen LogP contribution in [0.3, 0.4) is 0 Å². The van der Waals surface area contributed by atoms with Gasteiger partial charge >= 0.3 is 0 Å². The SMILES string of the molecule is C[C@@H](NC(=O)CCCCCCN)c1ccc(Br)cc1. The van der Waals surface area contributed by atoms with E-state index < -0.39 is 0 Å². The van der Waals surface area contributed by atoms with Gasteiger partial charge in [-0.1, -0.05) is 40.9 Å². The first-order valence-corrected chi connectivity index (χ1v) is 7.67. The van der Waals surface area contributed by atoms with Gasteiger partial charge in [0.2, 0.25) is 5.91 Å². The van der Waals surface area contributed by atoms with Gasteiger partial charge < -0.3 is 11.1 Å². The van der Waals surface area contributed by atoms with Crippen molar-refractivity contribution < 1.29 is 4.79 Å². The molecule has 0 aliphatic rings. The van der Waals surface area contributed by atoms with Crippen LogP contribution in [-0.2, 0) is 4.79 Å². The van der Waals surface area contributed by atoms with Crippen LogP contribution in [0.1, 0.15) is 50.6 Å². The maximum absolute atomic E-state index is 11.8. The second-order valence-electron chi connectivity index (χ2n) is 4.79. The molecule has 19 heavy (non-hydrogen) atoms. The number of amides is 1. The van der Waals surface area contributed by atoms with E-state index in [0.29, 0.717) is 6.42 Å². The standard InChI is InChI=1S/C15H23BrN2O/c1-12(13-7-9-14(16)10-8-13)18-15(19)6-4-2-3-5-11-17/h7-10,12H,2-6,11,17H2,1H3,(H,18,19)/t12-/m1/s1. The van der Waals surface area contributed by atoms with Gasteiger partial charge in [0, 0.05) is 10.9 Å². The van der Waals surface area contributed by atoms with Crippen molar-refractivity contribution in [3.63, 3.8) is 0 Å². The molecular weight excluding hydrogens is 304 g/mol. The van der Waals surface area contributed by atoms with Crippen molar-refractivity contribution in [3.05, 3.63) is 34.3 Å². The van der Waals surface area contributed by atoms with Crippen LogP contribution in [0.2, 0.25) is 0 Å². The van der Waals surface area contributed by atoms with Crippen molar-refractivity contribution in [2.45, 2.75) is 45.1 Å². The topological polar surface area (TPSA) is 55.1 Å². The minimum absolute atomic E-state index is 0.0599. The summed E-state index contributed by atoms with van der Waals surface area (Å²) in [5.41, 5.74) is 6.55. The number of carbonyl (C=O) groups is 1. The molecule has 0 aliphatic heterocycles. The Bertz CT molecular complexity index is 378. The van der Waals surface area contributed by atoms with Crippen LogP contribution in [0, 0.1) is 0 Å². The van der Waals surface area contributed by atoms with E-state index in [1.54, 1.807) is 0 Å². The Balaban J connectivity index is 2.26. The summed E-state index contributed by atoms with van der Waals surface area (Å²) in [5, 5.41) is 3.03. The average Bonchev–Trinajstić information content (AvgIpc) is 2.39. The third-order valence-corrected chi connectivity index (χ3v) is 3.63. The molecule has 1 rings (SSSR count). The Labute approximate surface area is 124 Å². The number of carbonyl (C=O) groups excluding carboxylic acids is 1. The normalized spacial score (nSPS) is 12.2. The average molecular weight is 327 g/mol. The summed E-state index contributed by atoms with van der Waals surface area (Å²) < 4.78 is 1.05. The van der Waals surface area contributed by atoms with Crippen LogP contribution in [0.15, 0.2) is 28.7 Å². The van der Waals surface area contributed by atoms with Gasteiger partial charge in [-0.3, -0.25) is 4.79 Å². The summed E-state index contributed by atoms with van der Waals surface area (Å²) in [6.07, 6.45) is 4.80. The number of nitrogens with two attached hydrogens (primary N) is 1. The van der Waals surface area contributed by atoms with Crippen LogP contribution in [-0.4, -0.2) is 12.5 Å². The van der Waals surface area contributed by atoms with E-state index in [4.69, 9.17) is 5.73 Å². The zero-order valence-corrected chi connectivity index (χ0v) is 13.1. The lowest BCUT2D eigenvalue weighted by Gasteiger charge is -2.14. The Kier molecular flexibility index (Phi) is 7.75. The van der Waals surface area contributed by atoms with Crippen LogP contribution in [0.4, 0.5) is 0 Å².